The van der Waals surface area contributed by atoms with E-state index in [9.17, 15) is 9.59 Å². The van der Waals surface area contributed by atoms with Crippen molar-refractivity contribution in [2.75, 3.05) is 13.7 Å². The highest BCUT2D eigenvalue weighted by Crippen LogP contribution is 2.15. The Morgan fingerprint density at radius 1 is 1.10 bits per heavy atom. The Labute approximate surface area is 181 Å². The molecule has 0 aliphatic rings. The van der Waals surface area contributed by atoms with Crippen LogP contribution in [0, 0.1) is 20.8 Å². The molecule has 1 amide bonds. The molecule has 0 atom stereocenters. The van der Waals surface area contributed by atoms with Gasteiger partial charge in [-0.15, -0.1) is 5.10 Å². The van der Waals surface area contributed by atoms with Crippen LogP contribution in [0.25, 0.3) is 11.8 Å². The molecule has 8 nitrogen and oxygen atoms in total. The van der Waals surface area contributed by atoms with Gasteiger partial charge in [0.1, 0.15) is 0 Å². The lowest BCUT2D eigenvalue weighted by molar-refractivity contribution is -0.147. The quantitative estimate of drug-likeness (QED) is 0.432. The van der Waals surface area contributed by atoms with Crippen LogP contribution < -0.4 is 0 Å². The van der Waals surface area contributed by atoms with Crippen molar-refractivity contribution in [3.05, 3.63) is 76.6 Å². The third kappa shape index (κ3) is 5.63. The molecule has 0 saturated carbocycles. The third-order valence-corrected chi connectivity index (χ3v) is 4.82. The smallest absolute Gasteiger partial charge is 0.357 e. The van der Waals surface area contributed by atoms with Gasteiger partial charge >= 0.3 is 5.97 Å². The molecule has 2 aromatic carbocycles. The number of nitrogens with zero attached hydrogens (tertiary/aromatic N) is 5. The van der Waals surface area contributed by atoms with Gasteiger partial charge in [-0.2, -0.15) is 4.68 Å². The summed E-state index contributed by atoms with van der Waals surface area (Å²) in [6.45, 7) is 5.76. The van der Waals surface area contributed by atoms with Gasteiger partial charge in [-0.25, -0.2) is 4.79 Å². The Bertz CT molecular complexity index is 1110. The van der Waals surface area contributed by atoms with Gasteiger partial charge in [-0.05, 0) is 54.0 Å². The molecule has 0 aliphatic carbocycles. The summed E-state index contributed by atoms with van der Waals surface area (Å²) in [5.41, 5.74) is 4.22. The SMILES string of the molecule is Cc1ccc(CN(C)C(=O)COC(=O)/C(=C/c2ccccc2)n2nnnc2C)c(C)c1. The van der Waals surface area contributed by atoms with E-state index in [1.807, 2.05) is 56.3 Å². The molecule has 0 spiro atoms. The van der Waals surface area contributed by atoms with Gasteiger partial charge in [0.2, 0.25) is 0 Å². The second-order valence-electron chi connectivity index (χ2n) is 7.33. The Kier molecular flexibility index (Phi) is 6.92. The first-order chi connectivity index (χ1) is 14.8. The van der Waals surface area contributed by atoms with Crippen molar-refractivity contribution in [1.29, 1.82) is 0 Å². The summed E-state index contributed by atoms with van der Waals surface area (Å²) >= 11 is 0. The third-order valence-electron chi connectivity index (χ3n) is 4.82. The highest BCUT2D eigenvalue weighted by atomic mass is 16.5. The van der Waals surface area contributed by atoms with Crippen molar-refractivity contribution in [1.82, 2.24) is 25.1 Å². The number of aryl methyl sites for hydroxylation is 3. The van der Waals surface area contributed by atoms with Crippen LogP contribution in [0.3, 0.4) is 0 Å². The van der Waals surface area contributed by atoms with Gasteiger partial charge in [0.15, 0.2) is 18.1 Å². The summed E-state index contributed by atoms with van der Waals surface area (Å²) < 4.78 is 6.60. The zero-order valence-electron chi connectivity index (χ0n) is 18.1. The van der Waals surface area contributed by atoms with Crippen molar-refractivity contribution in [2.24, 2.45) is 0 Å². The molecule has 0 unspecified atom stereocenters. The first-order valence-electron chi connectivity index (χ1n) is 9.84. The molecule has 0 aliphatic heterocycles. The molecule has 1 aromatic heterocycles. The molecule has 0 bridgehead atoms. The first kappa shape index (κ1) is 21.9. The fourth-order valence-electron chi connectivity index (χ4n) is 3.05. The maximum atomic E-state index is 12.8. The largest absolute Gasteiger partial charge is 0.451 e. The fraction of sp³-hybridized carbons (Fsp3) is 0.261. The molecule has 1 heterocycles. The Morgan fingerprint density at radius 2 is 1.84 bits per heavy atom. The van der Waals surface area contributed by atoms with Crippen LogP contribution in [-0.4, -0.2) is 50.6 Å². The van der Waals surface area contributed by atoms with Crippen LogP contribution in [0.2, 0.25) is 0 Å². The van der Waals surface area contributed by atoms with Crippen LogP contribution in [0.15, 0.2) is 48.5 Å². The molecule has 0 fully saturated rings. The lowest BCUT2D eigenvalue weighted by atomic mass is 10.1. The van der Waals surface area contributed by atoms with Crippen molar-refractivity contribution in [2.45, 2.75) is 27.3 Å². The summed E-state index contributed by atoms with van der Waals surface area (Å²) in [6.07, 6.45) is 1.62. The molecular weight excluding hydrogens is 394 g/mol. The number of amides is 1. The number of carbonyl (C=O) groups excluding carboxylic acids is 2. The topological polar surface area (TPSA) is 90.2 Å². The number of rotatable bonds is 7. The summed E-state index contributed by atoms with van der Waals surface area (Å²) in [5.74, 6) is -0.564. The molecule has 0 radical (unpaired) electrons. The van der Waals surface area contributed by atoms with Gasteiger partial charge < -0.3 is 9.64 Å². The normalized spacial score (nSPS) is 11.3. The van der Waals surface area contributed by atoms with E-state index in [0.29, 0.717) is 12.4 Å². The van der Waals surface area contributed by atoms with Crippen molar-refractivity contribution < 1.29 is 14.3 Å². The number of tetrazole rings is 1. The zero-order chi connectivity index (χ0) is 22.4. The van der Waals surface area contributed by atoms with E-state index >= 15 is 0 Å². The van der Waals surface area contributed by atoms with E-state index in [1.54, 1.807) is 20.0 Å². The summed E-state index contributed by atoms with van der Waals surface area (Å²) in [6, 6.07) is 15.4. The van der Waals surface area contributed by atoms with Gasteiger partial charge in [-0.3, -0.25) is 4.79 Å². The molecule has 160 valence electrons. The average Bonchev–Trinajstić information content (AvgIpc) is 3.18. The highest BCUT2D eigenvalue weighted by Gasteiger charge is 2.20. The molecule has 3 rings (SSSR count). The van der Waals surface area contributed by atoms with E-state index in [0.717, 1.165) is 16.7 Å². The Morgan fingerprint density at radius 3 is 2.48 bits per heavy atom. The van der Waals surface area contributed by atoms with Crippen LogP contribution in [0.1, 0.15) is 28.1 Å². The minimum atomic E-state index is -0.687. The van der Waals surface area contributed by atoms with Crippen molar-refractivity contribution >= 4 is 23.6 Å². The summed E-state index contributed by atoms with van der Waals surface area (Å²) in [4.78, 5) is 26.9. The van der Waals surface area contributed by atoms with Crippen LogP contribution in [0.4, 0.5) is 0 Å². The van der Waals surface area contributed by atoms with Crippen LogP contribution in [-0.2, 0) is 20.9 Å². The number of benzene rings is 2. The maximum Gasteiger partial charge on any atom is 0.357 e. The van der Waals surface area contributed by atoms with E-state index in [-0.39, 0.29) is 18.2 Å². The van der Waals surface area contributed by atoms with Gasteiger partial charge in [-0.1, -0.05) is 54.1 Å². The minimum absolute atomic E-state index is 0.124. The van der Waals surface area contributed by atoms with E-state index in [2.05, 4.69) is 21.6 Å². The lowest BCUT2D eigenvalue weighted by Crippen LogP contribution is -2.31. The van der Waals surface area contributed by atoms with E-state index in [1.165, 1.54) is 15.1 Å². The number of hydrogen-bond donors (Lipinski definition) is 0. The zero-order valence-corrected chi connectivity index (χ0v) is 18.1. The van der Waals surface area contributed by atoms with Gasteiger partial charge in [0.05, 0.1) is 0 Å². The molecule has 0 N–H and O–H groups in total. The van der Waals surface area contributed by atoms with Gasteiger partial charge in [0, 0.05) is 13.6 Å². The number of hydrogen-bond acceptors (Lipinski definition) is 6. The monoisotopic (exact) mass is 419 g/mol. The molecule has 8 heteroatoms. The number of ether oxygens (including phenoxy) is 1. The standard InChI is InChI=1S/C23H25N5O3/c1-16-10-11-20(17(2)12-16)14-27(4)22(29)15-31-23(30)21(28-18(3)24-25-26-28)13-19-8-6-5-7-9-19/h5-13H,14-15H2,1-4H3/b21-13-. The number of esters is 1. The Hall–Kier alpha value is -3.81. The van der Waals surface area contributed by atoms with E-state index < -0.39 is 5.97 Å². The highest BCUT2D eigenvalue weighted by molar-refractivity contribution is 6.15. The predicted octanol–water partition coefficient (Wildman–Crippen LogP) is 2.80. The molecular formula is C23H25N5O3. The van der Waals surface area contributed by atoms with Crippen LogP contribution in [0.5, 0.6) is 0 Å². The number of likely N-dealkylation sites (N-methyl/N-ethyl adjacent to an activating group) is 1. The average molecular weight is 419 g/mol. The summed E-state index contributed by atoms with van der Waals surface area (Å²) in [5, 5.41) is 11.3. The molecule has 3 aromatic rings. The second kappa shape index (κ2) is 9.80. The first-order valence-corrected chi connectivity index (χ1v) is 9.84. The minimum Gasteiger partial charge on any atom is -0.451 e. The predicted molar refractivity (Wildman–Crippen MR) is 117 cm³/mol. The van der Waals surface area contributed by atoms with Crippen molar-refractivity contribution in [3.8, 4) is 0 Å². The lowest BCUT2D eigenvalue weighted by Gasteiger charge is -2.19. The molecule has 31 heavy (non-hydrogen) atoms. The van der Waals surface area contributed by atoms with Crippen LogP contribution >= 0.6 is 0 Å². The molecule has 0 saturated heterocycles. The number of carbonyl (C=O) groups is 2. The van der Waals surface area contributed by atoms with Gasteiger partial charge in [0.25, 0.3) is 5.91 Å². The van der Waals surface area contributed by atoms with Crippen molar-refractivity contribution in [3.63, 3.8) is 0 Å². The fourth-order valence-corrected chi connectivity index (χ4v) is 3.05. The summed E-state index contributed by atoms with van der Waals surface area (Å²) in [7, 11) is 1.68. The maximum absolute atomic E-state index is 12.8. The van der Waals surface area contributed by atoms with E-state index in [4.69, 9.17) is 4.74 Å². The number of aromatic nitrogens is 4. The second-order valence-corrected chi connectivity index (χ2v) is 7.33. The Balaban J connectivity index is 1.69.